The Morgan fingerprint density at radius 3 is 2.81 bits per heavy atom. The van der Waals surface area contributed by atoms with Crippen LogP contribution in [-0.2, 0) is 11.3 Å². The molecule has 114 valence electrons. The maximum atomic E-state index is 11.5. The highest BCUT2D eigenvalue weighted by atomic mass is 16.6. The molecular weight excluding hydrogens is 274 g/mol. The first kappa shape index (κ1) is 15.2. The molecule has 0 unspecified atom stereocenters. The summed E-state index contributed by atoms with van der Waals surface area (Å²) in [5.74, 6) is 0.495. The minimum absolute atomic E-state index is 0.00220. The van der Waals surface area contributed by atoms with Crippen molar-refractivity contribution in [1.82, 2.24) is 10.6 Å². The summed E-state index contributed by atoms with van der Waals surface area (Å²) in [6.45, 7) is 0.984. The predicted octanol–water partition coefficient (Wildman–Crippen LogP) is 1.36. The zero-order valence-corrected chi connectivity index (χ0v) is 11.9. The largest absolute Gasteiger partial charge is 0.496 e. The van der Waals surface area contributed by atoms with Crippen molar-refractivity contribution in [2.45, 2.75) is 31.8 Å². The van der Waals surface area contributed by atoms with E-state index in [9.17, 15) is 14.9 Å². The van der Waals surface area contributed by atoms with Gasteiger partial charge in [0.1, 0.15) is 5.75 Å². The molecule has 0 aromatic heterocycles. The molecule has 1 aliphatic rings. The molecule has 2 N–H and O–H groups in total. The Labute approximate surface area is 122 Å². The van der Waals surface area contributed by atoms with Crippen molar-refractivity contribution < 1.29 is 14.5 Å². The van der Waals surface area contributed by atoms with Gasteiger partial charge in [-0.15, -0.1) is 0 Å². The number of amides is 1. The first-order valence-electron chi connectivity index (χ1n) is 6.91. The molecule has 1 aliphatic carbocycles. The maximum absolute atomic E-state index is 11.5. The number of methoxy groups -OCH3 is 1. The van der Waals surface area contributed by atoms with Crippen LogP contribution >= 0.6 is 0 Å². The second kappa shape index (κ2) is 7.03. The van der Waals surface area contributed by atoms with Gasteiger partial charge in [-0.3, -0.25) is 14.9 Å². The van der Waals surface area contributed by atoms with Crippen LogP contribution in [0.3, 0.4) is 0 Å². The SMILES string of the molecule is COc1cc(CNCCC(=O)NC2CC2)cc([N+](=O)[O-])c1. The second-order valence-corrected chi connectivity index (χ2v) is 5.06. The van der Waals surface area contributed by atoms with Crippen LogP contribution in [0.2, 0.25) is 0 Å². The highest BCUT2D eigenvalue weighted by Crippen LogP contribution is 2.22. The van der Waals surface area contributed by atoms with Crippen molar-refractivity contribution in [2.24, 2.45) is 0 Å². The van der Waals surface area contributed by atoms with Crippen molar-refractivity contribution in [1.29, 1.82) is 0 Å². The van der Waals surface area contributed by atoms with Gasteiger partial charge in [0.15, 0.2) is 0 Å². The van der Waals surface area contributed by atoms with Crippen molar-refractivity contribution in [3.63, 3.8) is 0 Å². The fraction of sp³-hybridized carbons (Fsp3) is 0.500. The lowest BCUT2D eigenvalue weighted by atomic mass is 10.2. The molecule has 2 rings (SSSR count). The summed E-state index contributed by atoms with van der Waals surface area (Å²) >= 11 is 0. The van der Waals surface area contributed by atoms with E-state index in [1.165, 1.54) is 19.2 Å². The Bertz CT molecular complexity index is 529. The summed E-state index contributed by atoms with van der Waals surface area (Å²) < 4.78 is 5.04. The molecule has 0 spiro atoms. The fourth-order valence-electron chi connectivity index (χ4n) is 1.93. The second-order valence-electron chi connectivity index (χ2n) is 5.06. The number of ether oxygens (including phenoxy) is 1. The van der Waals surface area contributed by atoms with E-state index < -0.39 is 4.92 Å². The molecule has 7 nitrogen and oxygen atoms in total. The third kappa shape index (κ3) is 5.03. The summed E-state index contributed by atoms with van der Waals surface area (Å²) in [6, 6.07) is 5.00. The van der Waals surface area contributed by atoms with Crippen LogP contribution in [0.4, 0.5) is 5.69 Å². The standard InChI is InChI=1S/C14H19N3O4/c1-21-13-7-10(6-12(8-13)17(19)20)9-15-5-4-14(18)16-11-2-3-11/h6-8,11,15H,2-5,9H2,1H3,(H,16,18). The maximum Gasteiger partial charge on any atom is 0.273 e. The Balaban J connectivity index is 1.80. The van der Waals surface area contributed by atoms with Gasteiger partial charge in [-0.2, -0.15) is 0 Å². The van der Waals surface area contributed by atoms with Gasteiger partial charge >= 0.3 is 0 Å². The molecule has 1 fully saturated rings. The molecule has 1 aromatic carbocycles. The van der Waals surface area contributed by atoms with Crippen molar-refractivity contribution in [3.8, 4) is 5.75 Å². The Hall–Kier alpha value is -2.15. The molecule has 0 radical (unpaired) electrons. The lowest BCUT2D eigenvalue weighted by Crippen LogP contribution is -2.29. The number of nitrogens with one attached hydrogen (secondary N) is 2. The van der Waals surface area contributed by atoms with Crippen LogP contribution < -0.4 is 15.4 Å². The first-order valence-corrected chi connectivity index (χ1v) is 6.91. The van der Waals surface area contributed by atoms with Crippen LogP contribution in [0.25, 0.3) is 0 Å². The molecule has 1 aromatic rings. The van der Waals surface area contributed by atoms with Crippen LogP contribution in [0.1, 0.15) is 24.8 Å². The number of nitro benzene ring substituents is 1. The van der Waals surface area contributed by atoms with Gasteiger partial charge < -0.3 is 15.4 Å². The first-order chi connectivity index (χ1) is 10.1. The van der Waals surface area contributed by atoms with E-state index in [-0.39, 0.29) is 11.6 Å². The highest BCUT2D eigenvalue weighted by Gasteiger charge is 2.22. The minimum atomic E-state index is -0.449. The average Bonchev–Trinajstić information content (AvgIpc) is 3.27. The molecule has 7 heteroatoms. The molecular formula is C14H19N3O4. The number of nitrogens with zero attached hydrogens (tertiary/aromatic N) is 1. The molecule has 0 atom stereocenters. The summed E-state index contributed by atoms with van der Waals surface area (Å²) in [7, 11) is 1.47. The highest BCUT2D eigenvalue weighted by molar-refractivity contribution is 5.76. The lowest BCUT2D eigenvalue weighted by Gasteiger charge is -2.07. The Morgan fingerprint density at radius 2 is 2.19 bits per heavy atom. The van der Waals surface area contributed by atoms with Crippen LogP contribution in [0.5, 0.6) is 5.75 Å². The third-order valence-electron chi connectivity index (χ3n) is 3.20. The predicted molar refractivity (Wildman–Crippen MR) is 77.1 cm³/mol. The molecule has 0 heterocycles. The number of non-ortho nitro benzene ring substituents is 1. The van der Waals surface area contributed by atoms with Gasteiger partial charge in [0.25, 0.3) is 5.69 Å². The van der Waals surface area contributed by atoms with Crippen molar-refractivity contribution in [2.75, 3.05) is 13.7 Å². The topological polar surface area (TPSA) is 93.5 Å². The number of hydrogen-bond donors (Lipinski definition) is 2. The van der Waals surface area contributed by atoms with Gasteiger partial charge in [-0.1, -0.05) is 0 Å². The normalized spacial score (nSPS) is 13.8. The average molecular weight is 293 g/mol. The molecule has 0 saturated heterocycles. The van der Waals surface area contributed by atoms with E-state index in [1.54, 1.807) is 6.07 Å². The summed E-state index contributed by atoms with van der Waals surface area (Å²) in [5, 5.41) is 16.8. The van der Waals surface area contributed by atoms with Crippen LogP contribution in [0.15, 0.2) is 18.2 Å². The molecule has 21 heavy (non-hydrogen) atoms. The Kier molecular flexibility index (Phi) is 5.10. The van der Waals surface area contributed by atoms with Gasteiger partial charge in [0.05, 0.1) is 18.1 Å². The number of nitro groups is 1. The quantitative estimate of drug-likeness (QED) is 0.429. The molecule has 1 amide bonds. The Morgan fingerprint density at radius 1 is 1.43 bits per heavy atom. The van der Waals surface area contributed by atoms with E-state index in [4.69, 9.17) is 4.74 Å². The van der Waals surface area contributed by atoms with E-state index in [1.807, 2.05) is 0 Å². The lowest BCUT2D eigenvalue weighted by molar-refractivity contribution is -0.385. The van der Waals surface area contributed by atoms with E-state index >= 15 is 0 Å². The fourth-order valence-corrected chi connectivity index (χ4v) is 1.93. The van der Waals surface area contributed by atoms with E-state index in [0.29, 0.717) is 31.3 Å². The van der Waals surface area contributed by atoms with Crippen LogP contribution in [0, 0.1) is 10.1 Å². The number of benzene rings is 1. The number of rotatable bonds is 8. The molecule has 0 bridgehead atoms. The summed E-state index contributed by atoms with van der Waals surface area (Å²) in [6.07, 6.45) is 2.56. The van der Waals surface area contributed by atoms with Gasteiger partial charge in [0, 0.05) is 31.6 Å². The monoisotopic (exact) mass is 293 g/mol. The summed E-state index contributed by atoms with van der Waals surface area (Å²) in [4.78, 5) is 21.9. The van der Waals surface area contributed by atoms with Gasteiger partial charge in [0.2, 0.25) is 5.91 Å². The third-order valence-corrected chi connectivity index (χ3v) is 3.20. The summed E-state index contributed by atoms with van der Waals surface area (Å²) in [5.41, 5.74) is 0.751. The zero-order valence-electron chi connectivity index (χ0n) is 11.9. The molecule has 1 saturated carbocycles. The molecule has 0 aliphatic heterocycles. The zero-order chi connectivity index (χ0) is 15.2. The number of carbonyl (C=O) groups is 1. The van der Waals surface area contributed by atoms with Crippen molar-refractivity contribution >= 4 is 11.6 Å². The van der Waals surface area contributed by atoms with E-state index in [0.717, 1.165) is 18.4 Å². The van der Waals surface area contributed by atoms with Gasteiger partial charge in [-0.05, 0) is 24.5 Å². The van der Waals surface area contributed by atoms with Crippen molar-refractivity contribution in [3.05, 3.63) is 33.9 Å². The number of carbonyl (C=O) groups excluding carboxylic acids is 1. The number of hydrogen-bond acceptors (Lipinski definition) is 5. The minimum Gasteiger partial charge on any atom is -0.496 e. The van der Waals surface area contributed by atoms with E-state index in [2.05, 4.69) is 10.6 Å². The van der Waals surface area contributed by atoms with Gasteiger partial charge in [-0.25, -0.2) is 0 Å². The van der Waals surface area contributed by atoms with Crippen LogP contribution in [-0.4, -0.2) is 30.5 Å². The smallest absolute Gasteiger partial charge is 0.273 e.